The number of amides is 1. The van der Waals surface area contributed by atoms with E-state index in [2.05, 4.69) is 15.6 Å². The van der Waals surface area contributed by atoms with E-state index < -0.39 is 11.0 Å². The van der Waals surface area contributed by atoms with Gasteiger partial charge in [-0.05, 0) is 73.2 Å². The molecule has 0 saturated carbocycles. The van der Waals surface area contributed by atoms with Crippen molar-refractivity contribution in [3.8, 4) is 11.3 Å². The van der Waals surface area contributed by atoms with Crippen LogP contribution in [0.25, 0.3) is 11.3 Å². The molecule has 5 rings (SSSR count). The Balaban J connectivity index is 1.56. The second-order valence-electron chi connectivity index (χ2n) is 8.95. The van der Waals surface area contributed by atoms with Crippen LogP contribution in [0.1, 0.15) is 29.1 Å². The molecular weight excluding hydrogens is 518 g/mol. The highest BCUT2D eigenvalue weighted by Gasteiger charge is 2.43. The van der Waals surface area contributed by atoms with E-state index in [-0.39, 0.29) is 24.2 Å². The lowest BCUT2D eigenvalue weighted by atomic mass is 10.0. The zero-order valence-corrected chi connectivity index (χ0v) is 22.0. The second-order valence-corrected chi connectivity index (χ2v) is 9.34. The average Bonchev–Trinajstić information content (AvgIpc) is 3.55. The Hall–Kier alpha value is -4.61. The van der Waals surface area contributed by atoms with E-state index in [4.69, 9.17) is 21.4 Å². The summed E-state index contributed by atoms with van der Waals surface area (Å²) in [5.74, 6) is 0.682. The second kappa shape index (κ2) is 11.0. The number of nitrogens with zero attached hydrogens (tertiary/aromatic N) is 3. The van der Waals surface area contributed by atoms with Crippen LogP contribution in [0, 0.1) is 17.0 Å². The quantitative estimate of drug-likeness (QED) is 0.173. The van der Waals surface area contributed by atoms with E-state index in [9.17, 15) is 14.9 Å². The summed E-state index contributed by atoms with van der Waals surface area (Å²) in [6.07, 6.45) is 1.71. The number of pyridine rings is 1. The van der Waals surface area contributed by atoms with E-state index in [1.807, 2.05) is 54.3 Å². The van der Waals surface area contributed by atoms with E-state index in [0.29, 0.717) is 27.9 Å². The number of ether oxygens (including phenoxy) is 1. The number of nitro benzene ring substituents is 1. The average molecular weight is 544 g/mol. The third-order valence-corrected chi connectivity index (χ3v) is 6.73. The standard InChI is InChI=1S/C28H25N5O5S/c1-17-15-18(10-11-20(17)30-25(34)16-37-2)32-27(26(31-28(32)39)21-8-5-6-14-29-21)24-13-12-23(38-24)19-7-3-4-9-22(19)33(35)36/h3-15,26-27H,16H2,1-2H3,(H,30,34)(H,31,39). The first-order chi connectivity index (χ1) is 18.9. The first kappa shape index (κ1) is 26.0. The van der Waals surface area contributed by atoms with Gasteiger partial charge in [-0.1, -0.05) is 18.2 Å². The molecule has 1 aliphatic heterocycles. The van der Waals surface area contributed by atoms with Crippen molar-refractivity contribution in [1.82, 2.24) is 10.3 Å². The third kappa shape index (κ3) is 5.22. The van der Waals surface area contributed by atoms with Crippen LogP contribution < -0.4 is 15.5 Å². The van der Waals surface area contributed by atoms with Crippen molar-refractivity contribution in [2.24, 2.45) is 0 Å². The summed E-state index contributed by atoms with van der Waals surface area (Å²) in [4.78, 5) is 29.7. The molecule has 39 heavy (non-hydrogen) atoms. The maximum absolute atomic E-state index is 12.0. The Labute approximate surface area is 229 Å². The summed E-state index contributed by atoms with van der Waals surface area (Å²) < 4.78 is 11.2. The lowest BCUT2D eigenvalue weighted by Crippen LogP contribution is -2.29. The molecule has 1 amide bonds. The number of carbonyl (C=O) groups excluding carboxylic acids is 1. The number of aromatic nitrogens is 1. The zero-order valence-electron chi connectivity index (χ0n) is 21.2. The molecule has 4 aromatic rings. The van der Waals surface area contributed by atoms with Gasteiger partial charge in [-0.2, -0.15) is 0 Å². The van der Waals surface area contributed by atoms with Crippen LogP contribution in [0.2, 0.25) is 0 Å². The first-order valence-corrected chi connectivity index (χ1v) is 12.5. The number of thiocarbonyl (C=S) groups is 1. The van der Waals surface area contributed by atoms with Gasteiger partial charge in [0.15, 0.2) is 5.11 Å². The molecule has 1 fully saturated rings. The molecule has 0 spiro atoms. The Morgan fingerprint density at radius 3 is 2.69 bits per heavy atom. The highest BCUT2D eigenvalue weighted by Crippen LogP contribution is 2.44. The van der Waals surface area contributed by atoms with Crippen molar-refractivity contribution in [2.75, 3.05) is 23.9 Å². The van der Waals surface area contributed by atoms with Gasteiger partial charge in [0, 0.05) is 30.7 Å². The summed E-state index contributed by atoms with van der Waals surface area (Å²) >= 11 is 5.78. The lowest BCUT2D eigenvalue weighted by molar-refractivity contribution is -0.384. The smallest absolute Gasteiger partial charge is 0.280 e. The van der Waals surface area contributed by atoms with Gasteiger partial charge in [0.25, 0.3) is 5.69 Å². The predicted octanol–water partition coefficient (Wildman–Crippen LogP) is 5.32. The Bertz CT molecular complexity index is 1540. The number of aryl methyl sites for hydroxylation is 1. The van der Waals surface area contributed by atoms with Crippen molar-refractivity contribution < 1.29 is 18.9 Å². The molecule has 1 saturated heterocycles. The van der Waals surface area contributed by atoms with Crippen molar-refractivity contribution in [3.63, 3.8) is 0 Å². The van der Waals surface area contributed by atoms with E-state index in [1.54, 1.807) is 30.5 Å². The number of carbonyl (C=O) groups is 1. The van der Waals surface area contributed by atoms with Crippen LogP contribution in [0.3, 0.4) is 0 Å². The Kier molecular flexibility index (Phi) is 7.35. The topological polar surface area (TPSA) is 123 Å². The molecule has 2 atom stereocenters. The summed E-state index contributed by atoms with van der Waals surface area (Å²) in [5, 5.41) is 18.3. The third-order valence-electron chi connectivity index (χ3n) is 6.42. The highest BCUT2D eigenvalue weighted by atomic mass is 32.1. The van der Waals surface area contributed by atoms with Crippen LogP contribution in [0.5, 0.6) is 0 Å². The van der Waals surface area contributed by atoms with Gasteiger partial charge >= 0.3 is 0 Å². The predicted molar refractivity (Wildman–Crippen MR) is 150 cm³/mol. The van der Waals surface area contributed by atoms with Crippen LogP contribution in [0.15, 0.2) is 83.4 Å². The van der Waals surface area contributed by atoms with Crippen LogP contribution >= 0.6 is 12.2 Å². The van der Waals surface area contributed by atoms with E-state index in [0.717, 1.165) is 16.9 Å². The normalized spacial score (nSPS) is 16.7. The SMILES string of the molecule is COCC(=O)Nc1ccc(N2C(=S)NC(c3ccccn3)C2c2ccc(-c3ccccc3[N+](=O)[O-])o2)cc1C. The molecule has 3 heterocycles. The number of nitro groups is 1. The Morgan fingerprint density at radius 2 is 1.97 bits per heavy atom. The van der Waals surface area contributed by atoms with Crippen LogP contribution in [-0.4, -0.2) is 34.6 Å². The summed E-state index contributed by atoms with van der Waals surface area (Å²) in [7, 11) is 1.46. The Morgan fingerprint density at radius 1 is 1.18 bits per heavy atom. The van der Waals surface area contributed by atoms with Gasteiger partial charge in [0.1, 0.15) is 24.2 Å². The first-order valence-electron chi connectivity index (χ1n) is 12.1. The monoisotopic (exact) mass is 543 g/mol. The minimum Gasteiger partial charge on any atom is -0.459 e. The van der Waals surface area contributed by atoms with E-state index >= 15 is 0 Å². The number of para-hydroxylation sites is 1. The summed E-state index contributed by atoms with van der Waals surface area (Å²) in [6, 6.07) is 20.4. The molecular formula is C28H25N5O5S. The maximum Gasteiger partial charge on any atom is 0.280 e. The van der Waals surface area contributed by atoms with Crippen molar-refractivity contribution >= 4 is 40.3 Å². The molecule has 0 radical (unpaired) electrons. The molecule has 2 aromatic heterocycles. The van der Waals surface area contributed by atoms with Gasteiger partial charge in [0.2, 0.25) is 5.91 Å². The van der Waals surface area contributed by atoms with Crippen LogP contribution in [0.4, 0.5) is 17.1 Å². The summed E-state index contributed by atoms with van der Waals surface area (Å²) in [5.41, 5.74) is 3.37. The molecule has 11 heteroatoms. The zero-order chi connectivity index (χ0) is 27.5. The van der Waals surface area contributed by atoms with Gasteiger partial charge < -0.3 is 24.7 Å². The molecule has 198 valence electrons. The highest BCUT2D eigenvalue weighted by molar-refractivity contribution is 7.80. The number of anilines is 2. The van der Waals surface area contributed by atoms with Crippen molar-refractivity contribution in [2.45, 2.75) is 19.0 Å². The lowest BCUT2D eigenvalue weighted by Gasteiger charge is -2.26. The number of rotatable bonds is 8. The molecule has 2 unspecified atom stereocenters. The molecule has 2 N–H and O–H groups in total. The fourth-order valence-corrected chi connectivity index (χ4v) is 5.02. The van der Waals surface area contributed by atoms with E-state index in [1.165, 1.54) is 13.2 Å². The minimum absolute atomic E-state index is 0.0432. The maximum atomic E-state index is 12.0. The number of benzene rings is 2. The molecule has 2 aromatic carbocycles. The van der Waals surface area contributed by atoms with Crippen LogP contribution in [-0.2, 0) is 9.53 Å². The number of methoxy groups -OCH3 is 1. The fraction of sp³-hybridized carbons (Fsp3) is 0.179. The number of hydrogen-bond donors (Lipinski definition) is 2. The number of nitrogens with one attached hydrogen (secondary N) is 2. The largest absolute Gasteiger partial charge is 0.459 e. The fourth-order valence-electron chi connectivity index (χ4n) is 4.67. The van der Waals surface area contributed by atoms with Crippen molar-refractivity contribution in [1.29, 1.82) is 0 Å². The van der Waals surface area contributed by atoms with Gasteiger partial charge in [-0.3, -0.25) is 19.9 Å². The molecule has 0 aliphatic carbocycles. The minimum atomic E-state index is -0.447. The van der Waals surface area contributed by atoms with Gasteiger partial charge in [0.05, 0.1) is 22.2 Å². The molecule has 1 aliphatic rings. The molecule has 0 bridgehead atoms. The van der Waals surface area contributed by atoms with Gasteiger partial charge in [-0.25, -0.2) is 0 Å². The van der Waals surface area contributed by atoms with Gasteiger partial charge in [-0.15, -0.1) is 0 Å². The molecule has 10 nitrogen and oxygen atoms in total. The number of hydrogen-bond acceptors (Lipinski definition) is 7. The summed E-state index contributed by atoms with van der Waals surface area (Å²) in [6.45, 7) is 1.85. The number of furan rings is 1. The van der Waals surface area contributed by atoms with Crippen molar-refractivity contribution in [3.05, 3.63) is 106 Å².